The van der Waals surface area contributed by atoms with E-state index < -0.39 is 5.97 Å². The van der Waals surface area contributed by atoms with Gasteiger partial charge in [0.25, 0.3) is 0 Å². The third kappa shape index (κ3) is 2.55. The second-order valence-corrected chi connectivity index (χ2v) is 5.59. The first-order chi connectivity index (χ1) is 12.2. The quantitative estimate of drug-likeness (QED) is 0.595. The number of hydrogen-bond acceptors (Lipinski definition) is 5. The highest BCUT2D eigenvalue weighted by Gasteiger charge is 2.14. The van der Waals surface area contributed by atoms with Crippen molar-refractivity contribution >= 4 is 34.2 Å². The molecular formula is C18H15N5O2. The summed E-state index contributed by atoms with van der Waals surface area (Å²) in [4.78, 5) is 15.6. The lowest BCUT2D eigenvalue weighted by Crippen LogP contribution is -2.02. The SMILES string of the molecule is CCc1nnc2c(Nc3ccc(C(=O)O)cc3)nc3ccccc3n12. The van der Waals surface area contributed by atoms with Crippen molar-refractivity contribution in [3.63, 3.8) is 0 Å². The maximum absolute atomic E-state index is 11.0. The van der Waals surface area contributed by atoms with Gasteiger partial charge in [-0.05, 0) is 36.4 Å². The number of fused-ring (bicyclic) bond motifs is 3. The molecule has 0 amide bonds. The smallest absolute Gasteiger partial charge is 0.335 e. The summed E-state index contributed by atoms with van der Waals surface area (Å²) >= 11 is 0. The van der Waals surface area contributed by atoms with E-state index in [0.29, 0.717) is 11.5 Å². The second-order valence-electron chi connectivity index (χ2n) is 5.59. The normalized spacial score (nSPS) is 11.1. The highest BCUT2D eigenvalue weighted by atomic mass is 16.4. The van der Waals surface area contributed by atoms with Crippen molar-refractivity contribution in [1.82, 2.24) is 19.6 Å². The van der Waals surface area contributed by atoms with Gasteiger partial charge in [-0.2, -0.15) is 0 Å². The summed E-state index contributed by atoms with van der Waals surface area (Å²) in [5.41, 5.74) is 3.38. The van der Waals surface area contributed by atoms with Crippen LogP contribution < -0.4 is 5.32 Å². The van der Waals surface area contributed by atoms with Crippen LogP contribution in [-0.4, -0.2) is 30.7 Å². The van der Waals surface area contributed by atoms with Gasteiger partial charge in [0, 0.05) is 12.1 Å². The van der Waals surface area contributed by atoms with Crippen LogP contribution in [-0.2, 0) is 6.42 Å². The lowest BCUT2D eigenvalue weighted by Gasteiger charge is -2.10. The van der Waals surface area contributed by atoms with Crippen molar-refractivity contribution in [2.75, 3.05) is 5.32 Å². The number of nitrogens with one attached hydrogen (secondary N) is 1. The molecule has 0 aliphatic carbocycles. The molecule has 0 bridgehead atoms. The number of aryl methyl sites for hydroxylation is 1. The summed E-state index contributed by atoms with van der Waals surface area (Å²) in [5.74, 6) is 0.481. The van der Waals surface area contributed by atoms with Gasteiger partial charge in [-0.25, -0.2) is 9.78 Å². The number of benzene rings is 2. The first-order valence-electron chi connectivity index (χ1n) is 7.90. The van der Waals surface area contributed by atoms with Crippen molar-refractivity contribution in [2.24, 2.45) is 0 Å². The number of aromatic carboxylic acids is 1. The molecule has 124 valence electrons. The minimum absolute atomic E-state index is 0.234. The Morgan fingerprint density at radius 3 is 2.60 bits per heavy atom. The van der Waals surface area contributed by atoms with E-state index in [1.165, 1.54) is 0 Å². The van der Waals surface area contributed by atoms with E-state index in [1.54, 1.807) is 24.3 Å². The van der Waals surface area contributed by atoms with Crippen LogP contribution in [0.25, 0.3) is 16.7 Å². The molecule has 2 N–H and O–H groups in total. The minimum atomic E-state index is -0.956. The molecule has 0 atom stereocenters. The van der Waals surface area contributed by atoms with Crippen LogP contribution in [0.5, 0.6) is 0 Å². The van der Waals surface area contributed by atoms with Crippen molar-refractivity contribution in [3.05, 3.63) is 59.9 Å². The van der Waals surface area contributed by atoms with Gasteiger partial charge in [0.15, 0.2) is 5.82 Å². The van der Waals surface area contributed by atoms with Crippen molar-refractivity contribution in [1.29, 1.82) is 0 Å². The minimum Gasteiger partial charge on any atom is -0.478 e. The molecule has 0 spiro atoms. The fraction of sp³-hybridized carbons (Fsp3) is 0.111. The Labute approximate surface area is 143 Å². The molecule has 0 unspecified atom stereocenters. The molecule has 0 aliphatic rings. The summed E-state index contributed by atoms with van der Waals surface area (Å²) in [6.07, 6.45) is 0.752. The maximum Gasteiger partial charge on any atom is 0.335 e. The molecule has 7 nitrogen and oxygen atoms in total. The molecule has 0 saturated carbocycles. The zero-order chi connectivity index (χ0) is 17.4. The van der Waals surface area contributed by atoms with Gasteiger partial charge in [-0.1, -0.05) is 19.1 Å². The van der Waals surface area contributed by atoms with Crippen molar-refractivity contribution < 1.29 is 9.90 Å². The Hall–Kier alpha value is -3.48. The molecule has 2 heterocycles. The molecule has 2 aromatic carbocycles. The van der Waals surface area contributed by atoms with Crippen LogP contribution in [0.3, 0.4) is 0 Å². The fourth-order valence-electron chi connectivity index (χ4n) is 2.79. The fourth-order valence-corrected chi connectivity index (χ4v) is 2.79. The van der Waals surface area contributed by atoms with Crippen LogP contribution >= 0.6 is 0 Å². The lowest BCUT2D eigenvalue weighted by atomic mass is 10.2. The highest BCUT2D eigenvalue weighted by molar-refractivity contribution is 5.88. The average molecular weight is 333 g/mol. The number of aromatic nitrogens is 4. The summed E-state index contributed by atoms with van der Waals surface area (Å²) in [6.45, 7) is 2.03. The summed E-state index contributed by atoms with van der Waals surface area (Å²) < 4.78 is 2.00. The number of hydrogen-bond donors (Lipinski definition) is 2. The molecule has 0 fully saturated rings. The summed E-state index contributed by atoms with van der Waals surface area (Å²) in [5, 5.41) is 20.8. The molecule has 0 aliphatic heterocycles. The Bertz CT molecular complexity index is 1090. The Balaban J connectivity index is 1.85. The van der Waals surface area contributed by atoms with Gasteiger partial charge in [0.05, 0.1) is 16.6 Å². The monoisotopic (exact) mass is 333 g/mol. The second kappa shape index (κ2) is 5.86. The predicted octanol–water partition coefficient (Wildman–Crippen LogP) is 3.28. The van der Waals surface area contributed by atoms with Gasteiger partial charge in [-0.15, -0.1) is 10.2 Å². The maximum atomic E-state index is 11.0. The molecule has 4 rings (SSSR count). The summed E-state index contributed by atoms with van der Waals surface area (Å²) in [6, 6.07) is 14.3. The van der Waals surface area contributed by atoms with Crippen molar-refractivity contribution in [2.45, 2.75) is 13.3 Å². The molecule has 4 aromatic rings. The van der Waals surface area contributed by atoms with Gasteiger partial charge in [0.2, 0.25) is 5.65 Å². The highest BCUT2D eigenvalue weighted by Crippen LogP contribution is 2.24. The Morgan fingerprint density at radius 1 is 1.12 bits per heavy atom. The molecule has 2 aromatic heterocycles. The van der Waals surface area contributed by atoms with E-state index in [2.05, 4.69) is 20.5 Å². The number of para-hydroxylation sites is 2. The molecule has 0 saturated heterocycles. The van der Waals surface area contributed by atoms with Crippen LogP contribution in [0.4, 0.5) is 11.5 Å². The number of nitrogens with zero attached hydrogens (tertiary/aromatic N) is 4. The van der Waals surface area contributed by atoms with E-state index in [1.807, 2.05) is 35.6 Å². The van der Waals surface area contributed by atoms with E-state index in [-0.39, 0.29) is 5.56 Å². The van der Waals surface area contributed by atoms with Crippen LogP contribution in [0.2, 0.25) is 0 Å². The number of anilines is 2. The number of carboxylic acids is 1. The van der Waals surface area contributed by atoms with E-state index >= 15 is 0 Å². The third-order valence-corrected chi connectivity index (χ3v) is 4.01. The number of carboxylic acid groups (broad SMARTS) is 1. The molecular weight excluding hydrogens is 318 g/mol. The average Bonchev–Trinajstić information content (AvgIpc) is 3.07. The standard InChI is InChI=1S/C18H15N5O2/c1-2-15-21-22-17-16(19-12-9-7-11(8-10-12)18(24)25)20-13-5-3-4-6-14(13)23(15)17/h3-10H,2H2,1H3,(H,19,20)(H,24,25). The predicted molar refractivity (Wildman–Crippen MR) is 94.4 cm³/mol. The first-order valence-corrected chi connectivity index (χ1v) is 7.90. The summed E-state index contributed by atoms with van der Waals surface area (Å²) in [7, 11) is 0. The van der Waals surface area contributed by atoms with Gasteiger partial charge < -0.3 is 10.4 Å². The van der Waals surface area contributed by atoms with E-state index in [9.17, 15) is 4.79 Å². The zero-order valence-electron chi connectivity index (χ0n) is 13.5. The van der Waals surface area contributed by atoms with Crippen LogP contribution in [0.1, 0.15) is 23.1 Å². The molecule has 0 radical (unpaired) electrons. The number of rotatable bonds is 4. The number of carbonyl (C=O) groups is 1. The van der Waals surface area contributed by atoms with Crippen molar-refractivity contribution in [3.8, 4) is 0 Å². The van der Waals surface area contributed by atoms with E-state index in [0.717, 1.165) is 29.0 Å². The topological polar surface area (TPSA) is 92.4 Å². The van der Waals surface area contributed by atoms with Gasteiger partial charge >= 0.3 is 5.97 Å². The third-order valence-electron chi connectivity index (χ3n) is 4.01. The first kappa shape index (κ1) is 15.1. The van der Waals surface area contributed by atoms with E-state index in [4.69, 9.17) is 5.11 Å². The largest absolute Gasteiger partial charge is 0.478 e. The van der Waals surface area contributed by atoms with Gasteiger partial charge in [-0.3, -0.25) is 4.40 Å². The van der Waals surface area contributed by atoms with Crippen LogP contribution in [0.15, 0.2) is 48.5 Å². The Morgan fingerprint density at radius 2 is 1.88 bits per heavy atom. The zero-order valence-corrected chi connectivity index (χ0v) is 13.5. The molecule has 25 heavy (non-hydrogen) atoms. The lowest BCUT2D eigenvalue weighted by molar-refractivity contribution is 0.0697. The Kier molecular flexibility index (Phi) is 3.53. The van der Waals surface area contributed by atoms with Gasteiger partial charge in [0.1, 0.15) is 5.82 Å². The van der Waals surface area contributed by atoms with Crippen LogP contribution in [0, 0.1) is 0 Å². The molecule has 7 heteroatoms.